The minimum absolute atomic E-state index is 0.208. The Morgan fingerprint density at radius 2 is 1.86 bits per heavy atom. The fourth-order valence-corrected chi connectivity index (χ4v) is 3.54. The number of carbonyl (C=O) groups is 1. The van der Waals surface area contributed by atoms with Crippen LogP contribution in [0, 0.1) is 0 Å². The number of carbonyl (C=O) groups excluding carboxylic acids is 1. The molecule has 0 amide bonds. The van der Waals surface area contributed by atoms with Crippen molar-refractivity contribution >= 4 is 14.1 Å². The second kappa shape index (κ2) is 6.65. The minimum Gasteiger partial charge on any atom is -0.415 e. The maximum Gasteiger partial charge on any atom is 0.192 e. The van der Waals surface area contributed by atoms with Crippen molar-refractivity contribution in [2.45, 2.75) is 57.9 Å². The Morgan fingerprint density at radius 3 is 2.45 bits per heavy atom. The van der Waals surface area contributed by atoms with E-state index < -0.39 is 8.32 Å². The van der Waals surface area contributed by atoms with Crippen molar-refractivity contribution in [1.29, 1.82) is 0 Å². The molecule has 1 aliphatic rings. The number of Topliss-reactive ketones (excluding diaryl/α,β-unsaturated/α-hetero) is 1. The van der Waals surface area contributed by atoms with E-state index in [1.165, 1.54) is 5.56 Å². The van der Waals surface area contributed by atoms with E-state index in [1.807, 2.05) is 18.2 Å². The van der Waals surface area contributed by atoms with Crippen LogP contribution >= 0.6 is 0 Å². The van der Waals surface area contributed by atoms with E-state index in [4.69, 9.17) is 4.43 Å². The lowest BCUT2D eigenvalue weighted by Gasteiger charge is -2.37. The maximum absolute atomic E-state index is 11.9. The minimum atomic E-state index is -1.75. The van der Waals surface area contributed by atoms with E-state index >= 15 is 0 Å². The first-order valence-electron chi connectivity index (χ1n) is 8.13. The van der Waals surface area contributed by atoms with Gasteiger partial charge in [-0.3, -0.25) is 9.69 Å². The summed E-state index contributed by atoms with van der Waals surface area (Å²) in [5.74, 6) is 0.333. The van der Waals surface area contributed by atoms with Crippen LogP contribution in [0.4, 0.5) is 0 Å². The van der Waals surface area contributed by atoms with Crippen LogP contribution in [0.15, 0.2) is 30.3 Å². The Kier molecular flexibility index (Phi) is 5.25. The highest BCUT2D eigenvalue weighted by Crippen LogP contribution is 2.37. The van der Waals surface area contributed by atoms with Crippen LogP contribution in [0.25, 0.3) is 0 Å². The van der Waals surface area contributed by atoms with Gasteiger partial charge in [0.15, 0.2) is 8.32 Å². The van der Waals surface area contributed by atoms with Crippen LogP contribution in [-0.4, -0.2) is 38.2 Å². The average molecular weight is 320 g/mol. The lowest BCUT2D eigenvalue weighted by Crippen LogP contribution is -2.44. The number of rotatable bonds is 5. The van der Waals surface area contributed by atoms with Gasteiger partial charge in [0.1, 0.15) is 5.78 Å². The van der Waals surface area contributed by atoms with Gasteiger partial charge in [-0.05, 0) is 23.7 Å². The molecular weight excluding hydrogens is 290 g/mol. The van der Waals surface area contributed by atoms with Crippen LogP contribution in [0.3, 0.4) is 0 Å². The smallest absolute Gasteiger partial charge is 0.192 e. The normalized spacial score (nSPS) is 20.6. The molecule has 0 saturated carbocycles. The van der Waals surface area contributed by atoms with Gasteiger partial charge < -0.3 is 4.43 Å². The van der Waals surface area contributed by atoms with Gasteiger partial charge in [-0.15, -0.1) is 0 Å². The second-order valence-electron chi connectivity index (χ2n) is 7.86. The van der Waals surface area contributed by atoms with Crippen molar-refractivity contribution in [3.63, 3.8) is 0 Å². The third-order valence-electron chi connectivity index (χ3n) is 5.03. The third-order valence-corrected chi connectivity index (χ3v) is 9.53. The summed E-state index contributed by atoms with van der Waals surface area (Å²) in [5, 5.41) is 0.208. The first-order valence-corrected chi connectivity index (χ1v) is 11.0. The summed E-state index contributed by atoms with van der Waals surface area (Å²) in [6.07, 6.45) is 0.626. The summed E-state index contributed by atoms with van der Waals surface area (Å²) in [6.45, 7) is 13.4. The van der Waals surface area contributed by atoms with Crippen molar-refractivity contribution in [2.75, 3.05) is 13.2 Å². The van der Waals surface area contributed by atoms with Gasteiger partial charge in [0, 0.05) is 25.6 Å². The Hall–Kier alpha value is -0.973. The molecule has 3 nitrogen and oxygen atoms in total. The molecule has 2 rings (SSSR count). The highest BCUT2D eigenvalue weighted by atomic mass is 28.4. The SMILES string of the molecule is CC(C)(C)[Si](C)(C)OC[C@@H]1CC(=O)CN1Cc1ccccc1. The van der Waals surface area contributed by atoms with Gasteiger partial charge in [-0.2, -0.15) is 0 Å². The summed E-state index contributed by atoms with van der Waals surface area (Å²) in [4.78, 5) is 14.2. The number of benzene rings is 1. The van der Waals surface area contributed by atoms with E-state index in [0.717, 1.165) is 6.54 Å². The first-order chi connectivity index (χ1) is 10.2. The van der Waals surface area contributed by atoms with Crippen LogP contribution in [-0.2, 0) is 15.8 Å². The molecule has 0 aliphatic carbocycles. The Morgan fingerprint density at radius 1 is 1.23 bits per heavy atom. The van der Waals surface area contributed by atoms with E-state index in [0.29, 0.717) is 25.4 Å². The van der Waals surface area contributed by atoms with Crippen LogP contribution in [0.1, 0.15) is 32.8 Å². The molecule has 0 N–H and O–H groups in total. The van der Waals surface area contributed by atoms with Gasteiger partial charge in [-0.1, -0.05) is 51.1 Å². The largest absolute Gasteiger partial charge is 0.415 e. The van der Waals surface area contributed by atoms with E-state index in [-0.39, 0.29) is 11.1 Å². The predicted molar refractivity (Wildman–Crippen MR) is 93.4 cm³/mol. The molecule has 0 unspecified atom stereocenters. The Balaban J connectivity index is 1.98. The Bertz CT molecular complexity index is 508. The van der Waals surface area contributed by atoms with Gasteiger partial charge in [0.25, 0.3) is 0 Å². The standard InChI is InChI=1S/C18H29NO2Si/c1-18(2,3)22(4,5)21-14-16-11-17(20)13-19(16)12-15-9-7-6-8-10-15/h6-10,16H,11-14H2,1-5H3/t16-/m0/s1. The molecule has 0 bridgehead atoms. The molecule has 122 valence electrons. The van der Waals surface area contributed by atoms with Gasteiger partial charge >= 0.3 is 0 Å². The van der Waals surface area contributed by atoms with Crippen LogP contribution in [0.2, 0.25) is 18.1 Å². The average Bonchev–Trinajstić information content (AvgIpc) is 2.76. The van der Waals surface area contributed by atoms with Crippen molar-refractivity contribution in [3.8, 4) is 0 Å². The molecule has 1 heterocycles. The molecular formula is C18H29NO2Si. The molecule has 0 aromatic heterocycles. The van der Waals surface area contributed by atoms with Crippen LogP contribution in [0.5, 0.6) is 0 Å². The molecule has 1 atom stereocenters. The summed E-state index contributed by atoms with van der Waals surface area (Å²) in [6, 6.07) is 10.6. The molecule has 4 heteroatoms. The monoisotopic (exact) mass is 319 g/mol. The topological polar surface area (TPSA) is 29.5 Å². The molecule has 0 spiro atoms. The highest BCUT2D eigenvalue weighted by molar-refractivity contribution is 6.74. The molecule has 0 radical (unpaired) electrons. The van der Waals surface area contributed by atoms with E-state index in [1.54, 1.807) is 0 Å². The second-order valence-corrected chi connectivity index (χ2v) is 12.7. The van der Waals surface area contributed by atoms with E-state index in [9.17, 15) is 4.79 Å². The molecule has 1 aromatic carbocycles. The van der Waals surface area contributed by atoms with Crippen molar-refractivity contribution in [1.82, 2.24) is 4.90 Å². The van der Waals surface area contributed by atoms with Gasteiger partial charge in [0.05, 0.1) is 6.54 Å². The predicted octanol–water partition coefficient (Wildman–Crippen LogP) is 3.85. The fraction of sp³-hybridized carbons (Fsp3) is 0.611. The summed E-state index contributed by atoms with van der Waals surface area (Å²) < 4.78 is 6.34. The van der Waals surface area contributed by atoms with Gasteiger partial charge in [0.2, 0.25) is 0 Å². The number of likely N-dealkylation sites (tertiary alicyclic amines) is 1. The number of hydrogen-bond acceptors (Lipinski definition) is 3. The molecule has 1 aromatic rings. The van der Waals surface area contributed by atoms with Crippen LogP contribution < -0.4 is 0 Å². The highest BCUT2D eigenvalue weighted by Gasteiger charge is 2.39. The van der Waals surface area contributed by atoms with Gasteiger partial charge in [-0.25, -0.2) is 0 Å². The number of hydrogen-bond donors (Lipinski definition) is 0. The Labute approximate surface area is 135 Å². The van der Waals surface area contributed by atoms with E-state index in [2.05, 4.69) is 50.9 Å². The zero-order chi connectivity index (χ0) is 16.4. The van der Waals surface area contributed by atoms with Crippen molar-refractivity contribution in [3.05, 3.63) is 35.9 Å². The lowest BCUT2D eigenvalue weighted by atomic mass is 10.2. The summed E-state index contributed by atoms with van der Waals surface area (Å²) in [5.41, 5.74) is 1.26. The first kappa shape index (κ1) is 17.4. The zero-order valence-electron chi connectivity index (χ0n) is 14.6. The zero-order valence-corrected chi connectivity index (χ0v) is 15.6. The lowest BCUT2D eigenvalue weighted by molar-refractivity contribution is -0.117. The van der Waals surface area contributed by atoms with Crippen molar-refractivity contribution in [2.24, 2.45) is 0 Å². The quantitative estimate of drug-likeness (QED) is 0.772. The number of ketones is 1. The number of nitrogens with zero attached hydrogens (tertiary/aromatic N) is 1. The van der Waals surface area contributed by atoms with Crippen molar-refractivity contribution < 1.29 is 9.22 Å². The maximum atomic E-state index is 11.9. The molecule has 1 saturated heterocycles. The summed E-state index contributed by atoms with van der Waals surface area (Å²) >= 11 is 0. The molecule has 22 heavy (non-hydrogen) atoms. The fourth-order valence-electron chi connectivity index (χ4n) is 2.50. The third kappa shape index (κ3) is 4.28. The molecule has 1 fully saturated rings. The summed E-state index contributed by atoms with van der Waals surface area (Å²) in [7, 11) is -1.75. The molecule has 1 aliphatic heterocycles.